The van der Waals surface area contributed by atoms with Crippen LogP contribution in [0.25, 0.3) is 0 Å². The number of carbonyl (C=O) groups is 1. The minimum absolute atomic E-state index is 0.0127. The second-order valence-electron chi connectivity index (χ2n) is 2.99. The molecule has 1 saturated heterocycles. The predicted molar refractivity (Wildman–Crippen MR) is 47.5 cm³/mol. The van der Waals surface area contributed by atoms with Crippen LogP contribution >= 0.6 is 0 Å². The van der Waals surface area contributed by atoms with E-state index in [2.05, 4.69) is 5.32 Å². The second kappa shape index (κ2) is 5.04. The van der Waals surface area contributed by atoms with E-state index in [-0.39, 0.29) is 18.7 Å². The van der Waals surface area contributed by atoms with Crippen molar-refractivity contribution in [2.24, 2.45) is 0 Å². The Morgan fingerprint density at radius 1 is 1.77 bits per heavy atom. The van der Waals surface area contributed by atoms with Crippen molar-refractivity contribution in [1.29, 1.82) is 0 Å². The average molecular weight is 188 g/mol. The highest BCUT2D eigenvalue weighted by Crippen LogP contribution is 2.09. The molecule has 1 heterocycles. The molecule has 0 aliphatic carbocycles. The molecule has 1 atom stereocenters. The Bertz CT molecular complexity index is 173. The van der Waals surface area contributed by atoms with Crippen LogP contribution < -0.4 is 5.32 Å². The molecule has 1 aliphatic heterocycles. The van der Waals surface area contributed by atoms with Crippen molar-refractivity contribution in [2.45, 2.75) is 12.5 Å². The zero-order valence-electron chi connectivity index (χ0n) is 7.82. The standard InChI is InChI=1S/C8H16N2O3/c1-9-8(12)10-3-5-13-6-7(10)2-4-11/h7,11H,2-6H2,1H3,(H,9,12). The van der Waals surface area contributed by atoms with Gasteiger partial charge in [0.05, 0.1) is 19.3 Å². The molecule has 1 rings (SSSR count). The van der Waals surface area contributed by atoms with Crippen molar-refractivity contribution in [3.63, 3.8) is 0 Å². The van der Waals surface area contributed by atoms with E-state index >= 15 is 0 Å². The van der Waals surface area contributed by atoms with E-state index in [0.29, 0.717) is 26.2 Å². The third kappa shape index (κ3) is 2.57. The van der Waals surface area contributed by atoms with Crippen LogP contribution in [0.15, 0.2) is 0 Å². The van der Waals surface area contributed by atoms with Crippen LogP contribution in [0, 0.1) is 0 Å². The molecule has 2 N–H and O–H groups in total. The maximum Gasteiger partial charge on any atom is 0.317 e. The van der Waals surface area contributed by atoms with Gasteiger partial charge in [0.2, 0.25) is 0 Å². The first-order valence-electron chi connectivity index (χ1n) is 4.46. The molecule has 0 bridgehead atoms. The minimum atomic E-state index is -0.0956. The number of rotatable bonds is 2. The smallest absolute Gasteiger partial charge is 0.317 e. The Morgan fingerprint density at radius 3 is 3.15 bits per heavy atom. The third-order valence-corrected chi connectivity index (χ3v) is 2.16. The highest BCUT2D eigenvalue weighted by Gasteiger charge is 2.25. The normalized spacial score (nSPS) is 22.9. The lowest BCUT2D eigenvalue weighted by Gasteiger charge is -2.34. The van der Waals surface area contributed by atoms with Gasteiger partial charge in [-0.2, -0.15) is 0 Å². The molecule has 2 amide bonds. The number of hydrogen-bond acceptors (Lipinski definition) is 3. The quantitative estimate of drug-likeness (QED) is 0.609. The molecule has 1 aliphatic rings. The van der Waals surface area contributed by atoms with Gasteiger partial charge in [-0.15, -0.1) is 0 Å². The summed E-state index contributed by atoms with van der Waals surface area (Å²) in [5, 5.41) is 11.3. The van der Waals surface area contributed by atoms with Gasteiger partial charge in [0.15, 0.2) is 0 Å². The number of aliphatic hydroxyl groups is 1. The van der Waals surface area contributed by atoms with Gasteiger partial charge in [0.1, 0.15) is 0 Å². The Kier molecular flexibility index (Phi) is 3.98. The Morgan fingerprint density at radius 2 is 2.54 bits per heavy atom. The second-order valence-corrected chi connectivity index (χ2v) is 2.99. The summed E-state index contributed by atoms with van der Waals surface area (Å²) in [5.41, 5.74) is 0. The van der Waals surface area contributed by atoms with E-state index in [0.717, 1.165) is 0 Å². The third-order valence-electron chi connectivity index (χ3n) is 2.16. The SMILES string of the molecule is CNC(=O)N1CCOCC1CCO. The highest BCUT2D eigenvalue weighted by molar-refractivity contribution is 5.74. The van der Waals surface area contributed by atoms with Crippen LogP contribution in [0.3, 0.4) is 0 Å². The van der Waals surface area contributed by atoms with Crippen molar-refractivity contribution in [1.82, 2.24) is 10.2 Å². The fourth-order valence-electron chi connectivity index (χ4n) is 1.45. The van der Waals surface area contributed by atoms with Crippen LogP contribution in [0.4, 0.5) is 4.79 Å². The number of morpholine rings is 1. The molecule has 0 radical (unpaired) electrons. The van der Waals surface area contributed by atoms with Crippen molar-refractivity contribution < 1.29 is 14.6 Å². The molecule has 0 spiro atoms. The van der Waals surface area contributed by atoms with E-state index in [1.807, 2.05) is 0 Å². The van der Waals surface area contributed by atoms with Crippen molar-refractivity contribution >= 4 is 6.03 Å². The first-order valence-corrected chi connectivity index (χ1v) is 4.46. The molecule has 5 nitrogen and oxygen atoms in total. The number of aliphatic hydroxyl groups excluding tert-OH is 1. The van der Waals surface area contributed by atoms with Crippen LogP contribution in [-0.2, 0) is 4.74 Å². The van der Waals surface area contributed by atoms with E-state index < -0.39 is 0 Å². The number of nitrogens with one attached hydrogen (secondary N) is 1. The summed E-state index contributed by atoms with van der Waals surface area (Å²) in [7, 11) is 1.60. The van der Waals surface area contributed by atoms with Gasteiger partial charge in [0.25, 0.3) is 0 Å². The molecule has 0 aromatic heterocycles. The molecule has 76 valence electrons. The molecule has 1 unspecified atom stereocenters. The van der Waals surface area contributed by atoms with Crippen LogP contribution in [-0.4, -0.2) is 55.5 Å². The zero-order chi connectivity index (χ0) is 9.68. The topological polar surface area (TPSA) is 61.8 Å². The van der Waals surface area contributed by atoms with Crippen LogP contribution in [0.5, 0.6) is 0 Å². The van der Waals surface area contributed by atoms with E-state index in [1.165, 1.54) is 0 Å². The molecular weight excluding hydrogens is 172 g/mol. The molecule has 0 aromatic rings. The summed E-state index contributed by atoms with van der Waals surface area (Å²) in [6.07, 6.45) is 0.577. The van der Waals surface area contributed by atoms with Gasteiger partial charge < -0.3 is 20.1 Å². The minimum Gasteiger partial charge on any atom is -0.396 e. The lowest BCUT2D eigenvalue weighted by atomic mass is 10.2. The molecule has 5 heteroatoms. The maximum absolute atomic E-state index is 11.3. The lowest BCUT2D eigenvalue weighted by molar-refractivity contribution is 0.00475. The highest BCUT2D eigenvalue weighted by atomic mass is 16.5. The molecule has 0 aromatic carbocycles. The molecule has 13 heavy (non-hydrogen) atoms. The van der Waals surface area contributed by atoms with E-state index in [9.17, 15) is 4.79 Å². The number of hydrogen-bond donors (Lipinski definition) is 2. The van der Waals surface area contributed by atoms with Crippen molar-refractivity contribution in [3.05, 3.63) is 0 Å². The van der Waals surface area contributed by atoms with Gasteiger partial charge >= 0.3 is 6.03 Å². The maximum atomic E-state index is 11.3. The van der Waals surface area contributed by atoms with E-state index in [1.54, 1.807) is 11.9 Å². The number of carbonyl (C=O) groups excluding carboxylic acids is 1. The fourth-order valence-corrected chi connectivity index (χ4v) is 1.45. The summed E-state index contributed by atoms with van der Waals surface area (Å²) in [6.45, 7) is 1.79. The van der Waals surface area contributed by atoms with Gasteiger partial charge in [-0.1, -0.05) is 0 Å². The van der Waals surface area contributed by atoms with Crippen molar-refractivity contribution in [2.75, 3.05) is 33.4 Å². The summed E-state index contributed by atoms with van der Waals surface area (Å²) in [4.78, 5) is 13.0. The summed E-state index contributed by atoms with van der Waals surface area (Å²) < 4.78 is 5.23. The zero-order valence-corrected chi connectivity index (χ0v) is 7.82. The molecular formula is C8H16N2O3. The largest absolute Gasteiger partial charge is 0.396 e. The Balaban J connectivity index is 2.50. The summed E-state index contributed by atoms with van der Waals surface area (Å²) in [5.74, 6) is 0. The van der Waals surface area contributed by atoms with Gasteiger partial charge in [-0.05, 0) is 6.42 Å². The Labute approximate surface area is 77.7 Å². The average Bonchev–Trinajstić information content (AvgIpc) is 2.18. The van der Waals surface area contributed by atoms with Gasteiger partial charge in [-0.25, -0.2) is 4.79 Å². The van der Waals surface area contributed by atoms with Gasteiger partial charge in [-0.3, -0.25) is 0 Å². The Hall–Kier alpha value is -0.810. The van der Waals surface area contributed by atoms with Crippen LogP contribution in [0.2, 0.25) is 0 Å². The first-order chi connectivity index (χ1) is 6.29. The first kappa shape index (κ1) is 10.3. The number of nitrogens with zero attached hydrogens (tertiary/aromatic N) is 1. The summed E-state index contributed by atoms with van der Waals surface area (Å²) >= 11 is 0. The van der Waals surface area contributed by atoms with Crippen molar-refractivity contribution in [3.8, 4) is 0 Å². The molecule has 1 fully saturated rings. The van der Waals surface area contributed by atoms with E-state index in [4.69, 9.17) is 9.84 Å². The number of ether oxygens (including phenoxy) is 1. The number of amides is 2. The number of urea groups is 1. The summed E-state index contributed by atoms with van der Waals surface area (Å²) in [6, 6.07) is -0.0829. The fraction of sp³-hybridized carbons (Fsp3) is 0.875. The van der Waals surface area contributed by atoms with Crippen LogP contribution in [0.1, 0.15) is 6.42 Å². The van der Waals surface area contributed by atoms with Gasteiger partial charge in [0, 0.05) is 20.2 Å². The predicted octanol–water partition coefficient (Wildman–Crippen LogP) is -0.591. The molecule has 0 saturated carbocycles. The lowest BCUT2D eigenvalue weighted by Crippen LogP contribution is -2.52. The monoisotopic (exact) mass is 188 g/mol.